The molecule has 1 amide bonds. The highest BCUT2D eigenvalue weighted by Gasteiger charge is 2.17. The van der Waals surface area contributed by atoms with E-state index in [2.05, 4.69) is 12.2 Å². The van der Waals surface area contributed by atoms with Crippen LogP contribution in [0, 0.1) is 5.92 Å². The molecule has 1 aliphatic heterocycles. The molecule has 2 atom stereocenters. The van der Waals surface area contributed by atoms with Crippen molar-refractivity contribution in [3.63, 3.8) is 0 Å². The summed E-state index contributed by atoms with van der Waals surface area (Å²) in [6.07, 6.45) is 5.12. The fraction of sp³-hybridized carbons (Fsp3) is 0.917. The van der Waals surface area contributed by atoms with Gasteiger partial charge < -0.3 is 15.8 Å². The maximum atomic E-state index is 11.6. The third-order valence-electron chi connectivity index (χ3n) is 3.03. The number of rotatable bonds is 6. The number of amides is 1. The summed E-state index contributed by atoms with van der Waals surface area (Å²) in [7, 11) is 0. The minimum absolute atomic E-state index is 0.0148. The van der Waals surface area contributed by atoms with E-state index in [0.29, 0.717) is 12.5 Å². The molecule has 1 fully saturated rings. The molecule has 1 unspecified atom stereocenters. The number of hydrogen-bond acceptors (Lipinski definition) is 3. The molecule has 0 aliphatic carbocycles. The van der Waals surface area contributed by atoms with E-state index in [-0.39, 0.29) is 11.9 Å². The monoisotopic (exact) mass is 228 g/mol. The lowest BCUT2D eigenvalue weighted by atomic mass is 10.0. The largest absolute Gasteiger partial charge is 0.381 e. The Hall–Kier alpha value is -0.610. The first-order valence-corrected chi connectivity index (χ1v) is 6.35. The van der Waals surface area contributed by atoms with Crippen LogP contribution in [-0.2, 0) is 9.53 Å². The molecular weight excluding hydrogens is 204 g/mol. The molecule has 0 spiro atoms. The second-order valence-corrected chi connectivity index (χ2v) is 4.58. The molecular formula is C12H24N2O2. The molecule has 0 aromatic carbocycles. The molecule has 16 heavy (non-hydrogen) atoms. The Morgan fingerprint density at radius 3 is 3.06 bits per heavy atom. The van der Waals surface area contributed by atoms with E-state index in [1.807, 2.05) is 0 Å². The van der Waals surface area contributed by atoms with Gasteiger partial charge in [-0.1, -0.05) is 19.8 Å². The van der Waals surface area contributed by atoms with Crippen LogP contribution in [0.15, 0.2) is 0 Å². The van der Waals surface area contributed by atoms with Gasteiger partial charge in [0.15, 0.2) is 0 Å². The van der Waals surface area contributed by atoms with Gasteiger partial charge in [-0.25, -0.2) is 0 Å². The van der Waals surface area contributed by atoms with E-state index in [0.717, 1.165) is 45.3 Å². The lowest BCUT2D eigenvalue weighted by Gasteiger charge is -2.23. The maximum Gasteiger partial charge on any atom is 0.236 e. The zero-order valence-corrected chi connectivity index (χ0v) is 10.2. The van der Waals surface area contributed by atoms with Crippen molar-refractivity contribution >= 4 is 5.91 Å². The average Bonchev–Trinajstić information content (AvgIpc) is 2.34. The van der Waals surface area contributed by atoms with Crippen LogP contribution in [0.4, 0.5) is 0 Å². The smallest absolute Gasteiger partial charge is 0.236 e. The number of nitrogens with two attached hydrogens (primary N) is 1. The van der Waals surface area contributed by atoms with E-state index in [1.54, 1.807) is 0 Å². The highest BCUT2D eigenvalue weighted by molar-refractivity contribution is 5.81. The quantitative estimate of drug-likeness (QED) is 0.714. The van der Waals surface area contributed by atoms with Gasteiger partial charge in [-0.3, -0.25) is 4.79 Å². The Bertz CT molecular complexity index is 203. The van der Waals surface area contributed by atoms with E-state index in [9.17, 15) is 4.79 Å². The molecule has 1 saturated heterocycles. The van der Waals surface area contributed by atoms with E-state index in [4.69, 9.17) is 10.5 Å². The van der Waals surface area contributed by atoms with Gasteiger partial charge in [-0.05, 0) is 25.2 Å². The number of carbonyl (C=O) groups is 1. The van der Waals surface area contributed by atoms with Gasteiger partial charge in [0.25, 0.3) is 0 Å². The summed E-state index contributed by atoms with van der Waals surface area (Å²) in [5.41, 5.74) is 5.78. The maximum absolute atomic E-state index is 11.6. The van der Waals surface area contributed by atoms with Crippen molar-refractivity contribution < 1.29 is 9.53 Å². The van der Waals surface area contributed by atoms with Crippen LogP contribution in [0.3, 0.4) is 0 Å². The second-order valence-electron chi connectivity index (χ2n) is 4.58. The Kier molecular flexibility index (Phi) is 6.42. The molecule has 0 aromatic rings. The Balaban J connectivity index is 2.12. The van der Waals surface area contributed by atoms with E-state index >= 15 is 0 Å². The normalized spacial score (nSPS) is 22.8. The Morgan fingerprint density at radius 2 is 2.44 bits per heavy atom. The molecule has 0 bridgehead atoms. The summed E-state index contributed by atoms with van der Waals surface area (Å²) in [5, 5.41) is 2.92. The molecule has 0 radical (unpaired) electrons. The van der Waals surface area contributed by atoms with Crippen molar-refractivity contribution in [2.45, 2.75) is 45.1 Å². The summed E-state index contributed by atoms with van der Waals surface area (Å²) >= 11 is 0. The van der Waals surface area contributed by atoms with Gasteiger partial charge in [0.1, 0.15) is 0 Å². The molecule has 0 saturated carbocycles. The van der Waals surface area contributed by atoms with Crippen LogP contribution in [0.25, 0.3) is 0 Å². The number of unbranched alkanes of at least 4 members (excludes halogenated alkanes) is 1. The minimum Gasteiger partial charge on any atom is -0.381 e. The number of hydrogen-bond donors (Lipinski definition) is 2. The Morgan fingerprint density at radius 1 is 1.62 bits per heavy atom. The third kappa shape index (κ3) is 4.94. The fourth-order valence-corrected chi connectivity index (χ4v) is 1.90. The van der Waals surface area contributed by atoms with Crippen molar-refractivity contribution in [1.29, 1.82) is 0 Å². The third-order valence-corrected chi connectivity index (χ3v) is 3.03. The summed E-state index contributed by atoms with van der Waals surface area (Å²) in [6.45, 7) is 4.44. The first kappa shape index (κ1) is 13.5. The van der Waals surface area contributed by atoms with Crippen LogP contribution < -0.4 is 11.1 Å². The van der Waals surface area contributed by atoms with Gasteiger partial charge in [0.05, 0.1) is 12.6 Å². The molecule has 0 aromatic heterocycles. The molecule has 4 heteroatoms. The SMILES string of the molecule is CCCC[C@H](N)C(=O)NCC1CCCOC1. The van der Waals surface area contributed by atoms with Crippen molar-refractivity contribution in [3.8, 4) is 0 Å². The highest BCUT2D eigenvalue weighted by atomic mass is 16.5. The fourth-order valence-electron chi connectivity index (χ4n) is 1.90. The predicted molar refractivity (Wildman–Crippen MR) is 64.1 cm³/mol. The van der Waals surface area contributed by atoms with E-state index < -0.39 is 0 Å². The van der Waals surface area contributed by atoms with E-state index in [1.165, 1.54) is 0 Å². The molecule has 1 aliphatic rings. The molecule has 94 valence electrons. The van der Waals surface area contributed by atoms with Gasteiger partial charge in [-0.15, -0.1) is 0 Å². The van der Waals surface area contributed by atoms with Crippen LogP contribution >= 0.6 is 0 Å². The van der Waals surface area contributed by atoms with Gasteiger partial charge in [-0.2, -0.15) is 0 Å². The lowest BCUT2D eigenvalue weighted by Crippen LogP contribution is -2.43. The molecule has 4 nitrogen and oxygen atoms in total. The summed E-state index contributed by atoms with van der Waals surface area (Å²) < 4.78 is 5.36. The minimum atomic E-state index is -0.343. The average molecular weight is 228 g/mol. The van der Waals surface area contributed by atoms with Crippen LogP contribution in [0.2, 0.25) is 0 Å². The zero-order valence-electron chi connectivity index (χ0n) is 10.2. The number of nitrogens with one attached hydrogen (secondary N) is 1. The highest BCUT2D eigenvalue weighted by Crippen LogP contribution is 2.12. The van der Waals surface area contributed by atoms with Crippen LogP contribution in [0.5, 0.6) is 0 Å². The van der Waals surface area contributed by atoms with Crippen molar-refractivity contribution in [2.24, 2.45) is 11.7 Å². The molecule has 1 rings (SSSR count). The standard InChI is InChI=1S/C12H24N2O2/c1-2-3-6-11(13)12(15)14-8-10-5-4-7-16-9-10/h10-11H,2-9,13H2,1H3,(H,14,15)/t10?,11-/m0/s1. The Labute approximate surface area is 97.9 Å². The van der Waals surface area contributed by atoms with Crippen molar-refractivity contribution in [2.75, 3.05) is 19.8 Å². The van der Waals surface area contributed by atoms with Gasteiger partial charge >= 0.3 is 0 Å². The van der Waals surface area contributed by atoms with Crippen LogP contribution in [-0.4, -0.2) is 31.7 Å². The first-order valence-electron chi connectivity index (χ1n) is 6.35. The zero-order chi connectivity index (χ0) is 11.8. The molecule has 1 heterocycles. The van der Waals surface area contributed by atoms with Gasteiger partial charge in [0.2, 0.25) is 5.91 Å². The summed E-state index contributed by atoms with van der Waals surface area (Å²) in [6, 6.07) is -0.343. The molecule has 3 N–H and O–H groups in total. The number of carbonyl (C=O) groups excluding carboxylic acids is 1. The van der Waals surface area contributed by atoms with Gasteiger partial charge in [0, 0.05) is 13.2 Å². The number of ether oxygens (including phenoxy) is 1. The first-order chi connectivity index (χ1) is 7.74. The van der Waals surface area contributed by atoms with Crippen LogP contribution in [0.1, 0.15) is 39.0 Å². The summed E-state index contributed by atoms with van der Waals surface area (Å²) in [5.74, 6) is 0.454. The predicted octanol–water partition coefficient (Wildman–Crippen LogP) is 1.05. The second kappa shape index (κ2) is 7.63. The topological polar surface area (TPSA) is 64.4 Å². The lowest BCUT2D eigenvalue weighted by molar-refractivity contribution is -0.122. The summed E-state index contributed by atoms with van der Waals surface area (Å²) in [4.78, 5) is 11.6. The van der Waals surface area contributed by atoms with Crippen molar-refractivity contribution in [1.82, 2.24) is 5.32 Å². The van der Waals surface area contributed by atoms with Crippen molar-refractivity contribution in [3.05, 3.63) is 0 Å².